The smallest absolute Gasteiger partial charge is 0.191 e. The van der Waals surface area contributed by atoms with Gasteiger partial charge in [0, 0.05) is 46.0 Å². The van der Waals surface area contributed by atoms with E-state index < -0.39 is 0 Å². The van der Waals surface area contributed by atoms with Crippen LogP contribution < -0.4 is 15.5 Å². The van der Waals surface area contributed by atoms with Gasteiger partial charge in [0.2, 0.25) is 0 Å². The molecule has 0 saturated carbocycles. The average molecular weight is 278 g/mol. The molecule has 5 heteroatoms. The zero-order valence-electron chi connectivity index (χ0n) is 12.9. The summed E-state index contributed by atoms with van der Waals surface area (Å²) >= 11 is 0. The van der Waals surface area contributed by atoms with Crippen molar-refractivity contribution in [3.8, 4) is 0 Å². The number of ether oxygens (including phenoxy) is 1. The van der Waals surface area contributed by atoms with Gasteiger partial charge in [0.25, 0.3) is 0 Å². The van der Waals surface area contributed by atoms with Crippen molar-refractivity contribution in [3.63, 3.8) is 0 Å². The van der Waals surface area contributed by atoms with Gasteiger partial charge in [0.1, 0.15) is 0 Å². The van der Waals surface area contributed by atoms with E-state index in [9.17, 15) is 0 Å². The summed E-state index contributed by atoms with van der Waals surface area (Å²) in [4.78, 5) is 6.41. The molecule has 0 saturated heterocycles. The van der Waals surface area contributed by atoms with Gasteiger partial charge in [-0.15, -0.1) is 0 Å². The van der Waals surface area contributed by atoms with Crippen molar-refractivity contribution >= 4 is 11.6 Å². The van der Waals surface area contributed by atoms with Crippen LogP contribution in [0, 0.1) is 0 Å². The zero-order valence-corrected chi connectivity index (χ0v) is 12.9. The summed E-state index contributed by atoms with van der Waals surface area (Å²) in [6.07, 6.45) is 0. The van der Waals surface area contributed by atoms with Crippen LogP contribution in [0.3, 0.4) is 0 Å². The summed E-state index contributed by atoms with van der Waals surface area (Å²) in [5.41, 5.74) is 1.21. The Bertz CT molecular complexity index is 394. The standard InChI is InChI=1S/C15H26N4O/c1-13(12-20-4)18-15(16-2)17-10-11-19(3)14-8-6-5-7-9-14/h5-9,13H,10-12H2,1-4H3,(H2,16,17,18). The van der Waals surface area contributed by atoms with Gasteiger partial charge in [-0.25, -0.2) is 0 Å². The molecule has 1 rings (SSSR count). The Morgan fingerprint density at radius 3 is 2.65 bits per heavy atom. The predicted molar refractivity (Wildman–Crippen MR) is 85.5 cm³/mol. The molecule has 0 spiro atoms. The summed E-state index contributed by atoms with van der Waals surface area (Å²) < 4.78 is 5.10. The highest BCUT2D eigenvalue weighted by molar-refractivity contribution is 5.79. The Labute approximate surface area is 122 Å². The number of methoxy groups -OCH3 is 1. The topological polar surface area (TPSA) is 48.9 Å². The third-order valence-corrected chi connectivity index (χ3v) is 2.96. The molecular weight excluding hydrogens is 252 g/mol. The predicted octanol–water partition coefficient (Wildman–Crippen LogP) is 1.32. The molecule has 0 aliphatic carbocycles. The first-order chi connectivity index (χ1) is 9.67. The maximum Gasteiger partial charge on any atom is 0.191 e. The van der Waals surface area contributed by atoms with Gasteiger partial charge in [-0.2, -0.15) is 0 Å². The van der Waals surface area contributed by atoms with E-state index in [2.05, 4.69) is 46.6 Å². The second-order valence-corrected chi connectivity index (χ2v) is 4.76. The molecule has 1 atom stereocenters. The van der Waals surface area contributed by atoms with Crippen molar-refractivity contribution < 1.29 is 4.74 Å². The molecule has 0 bridgehead atoms. The molecule has 112 valence electrons. The number of likely N-dealkylation sites (N-methyl/N-ethyl adjacent to an activating group) is 1. The Hall–Kier alpha value is -1.75. The maximum absolute atomic E-state index is 5.10. The molecule has 0 heterocycles. The third-order valence-electron chi connectivity index (χ3n) is 2.96. The van der Waals surface area contributed by atoms with Crippen molar-refractivity contribution in [2.45, 2.75) is 13.0 Å². The molecule has 1 aromatic carbocycles. The van der Waals surface area contributed by atoms with Crippen molar-refractivity contribution in [3.05, 3.63) is 30.3 Å². The first-order valence-corrected chi connectivity index (χ1v) is 6.89. The van der Waals surface area contributed by atoms with E-state index in [1.165, 1.54) is 5.69 Å². The van der Waals surface area contributed by atoms with E-state index in [-0.39, 0.29) is 6.04 Å². The normalized spacial score (nSPS) is 12.9. The molecule has 0 aliphatic heterocycles. The van der Waals surface area contributed by atoms with E-state index in [4.69, 9.17) is 4.74 Å². The Kier molecular flexibility index (Phi) is 7.50. The van der Waals surface area contributed by atoms with E-state index in [1.54, 1.807) is 14.2 Å². The average Bonchev–Trinajstić information content (AvgIpc) is 2.47. The van der Waals surface area contributed by atoms with Gasteiger partial charge >= 0.3 is 0 Å². The molecular formula is C15H26N4O. The maximum atomic E-state index is 5.10. The quantitative estimate of drug-likeness (QED) is 0.583. The van der Waals surface area contributed by atoms with Crippen LogP contribution in [-0.2, 0) is 4.74 Å². The molecule has 0 radical (unpaired) electrons. The number of benzene rings is 1. The first-order valence-electron chi connectivity index (χ1n) is 6.89. The van der Waals surface area contributed by atoms with Crippen LogP contribution in [0.1, 0.15) is 6.92 Å². The number of aliphatic imine (C=N–C) groups is 1. The van der Waals surface area contributed by atoms with Crippen molar-refractivity contribution in [2.75, 3.05) is 45.8 Å². The molecule has 5 nitrogen and oxygen atoms in total. The molecule has 0 amide bonds. The largest absolute Gasteiger partial charge is 0.383 e. The van der Waals surface area contributed by atoms with E-state index in [0.717, 1.165) is 19.0 Å². The highest BCUT2D eigenvalue weighted by Crippen LogP contribution is 2.09. The van der Waals surface area contributed by atoms with Crippen molar-refractivity contribution in [1.29, 1.82) is 0 Å². The molecule has 20 heavy (non-hydrogen) atoms. The number of nitrogens with one attached hydrogen (secondary N) is 2. The second kappa shape index (κ2) is 9.20. The minimum atomic E-state index is 0.234. The number of rotatable bonds is 7. The molecule has 0 fully saturated rings. The third kappa shape index (κ3) is 5.93. The highest BCUT2D eigenvalue weighted by Gasteiger charge is 2.05. The first kappa shape index (κ1) is 16.3. The van der Waals surface area contributed by atoms with Gasteiger partial charge in [-0.3, -0.25) is 4.99 Å². The van der Waals surface area contributed by atoms with Gasteiger partial charge < -0.3 is 20.3 Å². The van der Waals surface area contributed by atoms with Crippen LogP contribution in [0.2, 0.25) is 0 Å². The van der Waals surface area contributed by atoms with Crippen LogP contribution in [0.5, 0.6) is 0 Å². The van der Waals surface area contributed by atoms with Crippen LogP contribution in [0.15, 0.2) is 35.3 Å². The van der Waals surface area contributed by atoms with Gasteiger partial charge in [-0.1, -0.05) is 18.2 Å². The molecule has 2 N–H and O–H groups in total. The lowest BCUT2D eigenvalue weighted by Crippen LogP contribution is -2.45. The number of anilines is 1. The molecule has 0 aromatic heterocycles. The fraction of sp³-hybridized carbons (Fsp3) is 0.533. The van der Waals surface area contributed by atoms with E-state index >= 15 is 0 Å². The van der Waals surface area contributed by atoms with Crippen LogP contribution in [0.25, 0.3) is 0 Å². The van der Waals surface area contributed by atoms with Gasteiger partial charge in [-0.05, 0) is 19.1 Å². The molecule has 1 unspecified atom stereocenters. The number of guanidine groups is 1. The van der Waals surface area contributed by atoms with E-state index in [1.807, 2.05) is 18.2 Å². The fourth-order valence-corrected chi connectivity index (χ4v) is 1.87. The Balaban J connectivity index is 2.31. The Morgan fingerprint density at radius 1 is 1.35 bits per heavy atom. The summed E-state index contributed by atoms with van der Waals surface area (Å²) in [5.74, 6) is 0.802. The van der Waals surface area contributed by atoms with Crippen LogP contribution in [0.4, 0.5) is 5.69 Å². The fourth-order valence-electron chi connectivity index (χ4n) is 1.87. The van der Waals surface area contributed by atoms with Crippen molar-refractivity contribution in [2.24, 2.45) is 4.99 Å². The SMILES string of the molecule is CN=C(NCCN(C)c1ccccc1)NC(C)COC. The molecule has 0 aliphatic rings. The summed E-state index contributed by atoms with van der Waals surface area (Å²) in [6, 6.07) is 10.6. The second-order valence-electron chi connectivity index (χ2n) is 4.76. The number of para-hydroxylation sites is 1. The van der Waals surface area contributed by atoms with Crippen LogP contribution >= 0.6 is 0 Å². The lowest BCUT2D eigenvalue weighted by Gasteiger charge is -2.21. The monoisotopic (exact) mass is 278 g/mol. The summed E-state index contributed by atoms with van der Waals surface area (Å²) in [7, 11) is 5.56. The van der Waals surface area contributed by atoms with Gasteiger partial charge in [0.05, 0.1) is 6.61 Å². The minimum absolute atomic E-state index is 0.234. The number of hydrogen-bond donors (Lipinski definition) is 2. The molecule has 1 aromatic rings. The Morgan fingerprint density at radius 2 is 2.05 bits per heavy atom. The van der Waals surface area contributed by atoms with Crippen LogP contribution in [-0.4, -0.2) is 52.9 Å². The minimum Gasteiger partial charge on any atom is -0.383 e. The highest BCUT2D eigenvalue weighted by atomic mass is 16.5. The lowest BCUT2D eigenvalue weighted by atomic mass is 10.3. The van der Waals surface area contributed by atoms with Crippen molar-refractivity contribution in [1.82, 2.24) is 10.6 Å². The zero-order chi connectivity index (χ0) is 14.8. The lowest BCUT2D eigenvalue weighted by molar-refractivity contribution is 0.179. The summed E-state index contributed by atoms with van der Waals surface area (Å²) in [5, 5.41) is 6.58. The summed E-state index contributed by atoms with van der Waals surface area (Å²) in [6.45, 7) is 4.45. The number of hydrogen-bond acceptors (Lipinski definition) is 3. The van der Waals surface area contributed by atoms with E-state index in [0.29, 0.717) is 6.61 Å². The number of nitrogens with zero attached hydrogens (tertiary/aromatic N) is 2. The van der Waals surface area contributed by atoms with Gasteiger partial charge in [0.15, 0.2) is 5.96 Å².